The third kappa shape index (κ3) is 4.30. The van der Waals surface area contributed by atoms with Crippen molar-refractivity contribution in [3.63, 3.8) is 0 Å². The summed E-state index contributed by atoms with van der Waals surface area (Å²) in [5, 5.41) is 3.10. The van der Waals surface area contributed by atoms with Gasteiger partial charge in [0.1, 0.15) is 5.57 Å². The van der Waals surface area contributed by atoms with Gasteiger partial charge in [-0.2, -0.15) is 0 Å². The van der Waals surface area contributed by atoms with Gasteiger partial charge in [-0.05, 0) is 38.1 Å². The number of benzene rings is 1. The van der Waals surface area contributed by atoms with Crippen LogP contribution in [0.5, 0.6) is 0 Å². The van der Waals surface area contributed by atoms with Crippen molar-refractivity contribution in [3.05, 3.63) is 40.6 Å². The minimum atomic E-state index is -0.742. The third-order valence-electron chi connectivity index (χ3n) is 2.20. The molecule has 0 unspecified atom stereocenters. The van der Waals surface area contributed by atoms with Crippen molar-refractivity contribution >= 4 is 29.2 Å². The molecule has 1 aromatic rings. The molecule has 3 N–H and O–H groups in total. The highest BCUT2D eigenvalue weighted by molar-refractivity contribution is 6.30. The molecular weight excluding hydrogens is 268 g/mol. The highest BCUT2D eigenvalue weighted by Crippen LogP contribution is 2.15. The van der Waals surface area contributed by atoms with Crippen LogP contribution in [0.1, 0.15) is 13.8 Å². The van der Waals surface area contributed by atoms with E-state index in [2.05, 4.69) is 5.32 Å². The van der Waals surface area contributed by atoms with Crippen molar-refractivity contribution in [1.82, 2.24) is 0 Å². The first-order chi connectivity index (χ1) is 8.95. The summed E-state index contributed by atoms with van der Waals surface area (Å²) in [6.45, 7) is 3.29. The van der Waals surface area contributed by atoms with E-state index < -0.39 is 11.9 Å². The maximum absolute atomic E-state index is 12.0. The topological polar surface area (TPSA) is 81.4 Å². The van der Waals surface area contributed by atoms with Crippen LogP contribution in [-0.4, -0.2) is 18.5 Å². The molecule has 0 atom stereocenters. The number of rotatable bonds is 4. The first-order valence-corrected chi connectivity index (χ1v) is 6.04. The van der Waals surface area contributed by atoms with Gasteiger partial charge < -0.3 is 15.8 Å². The van der Waals surface area contributed by atoms with Gasteiger partial charge in [0.2, 0.25) is 0 Å². The van der Waals surface area contributed by atoms with E-state index in [1.807, 2.05) is 0 Å². The molecule has 0 heterocycles. The van der Waals surface area contributed by atoms with Gasteiger partial charge in [0.15, 0.2) is 0 Å². The van der Waals surface area contributed by atoms with Crippen molar-refractivity contribution in [1.29, 1.82) is 0 Å². The Morgan fingerprint density at radius 3 is 2.37 bits per heavy atom. The molecule has 0 radical (unpaired) electrons. The van der Waals surface area contributed by atoms with Gasteiger partial charge >= 0.3 is 5.97 Å². The summed E-state index contributed by atoms with van der Waals surface area (Å²) in [5.74, 6) is -1.35. The van der Waals surface area contributed by atoms with E-state index in [0.717, 1.165) is 0 Å². The minimum Gasteiger partial charge on any atom is -0.462 e. The number of ether oxygens (including phenoxy) is 1. The number of carbonyl (C=O) groups is 2. The van der Waals surface area contributed by atoms with E-state index in [0.29, 0.717) is 10.7 Å². The predicted molar refractivity (Wildman–Crippen MR) is 73.6 cm³/mol. The highest BCUT2D eigenvalue weighted by atomic mass is 35.5. The molecule has 1 amide bonds. The average Bonchev–Trinajstić information content (AvgIpc) is 2.32. The van der Waals surface area contributed by atoms with Crippen LogP contribution < -0.4 is 11.1 Å². The number of hydrogen-bond acceptors (Lipinski definition) is 4. The zero-order chi connectivity index (χ0) is 14.4. The first kappa shape index (κ1) is 15.0. The van der Waals surface area contributed by atoms with E-state index >= 15 is 0 Å². The lowest BCUT2D eigenvalue weighted by Crippen LogP contribution is -2.25. The normalized spacial score (nSPS) is 11.5. The van der Waals surface area contributed by atoms with Gasteiger partial charge in [-0.3, -0.25) is 4.79 Å². The van der Waals surface area contributed by atoms with E-state index in [9.17, 15) is 9.59 Å². The van der Waals surface area contributed by atoms with Crippen LogP contribution in [0, 0.1) is 0 Å². The molecule has 6 heteroatoms. The quantitative estimate of drug-likeness (QED) is 0.383. The summed E-state index contributed by atoms with van der Waals surface area (Å²) in [4.78, 5) is 23.6. The van der Waals surface area contributed by atoms with Crippen LogP contribution in [0.4, 0.5) is 5.69 Å². The molecule has 0 saturated carbocycles. The molecule has 0 bridgehead atoms. The second-order valence-electron chi connectivity index (χ2n) is 3.74. The van der Waals surface area contributed by atoms with E-state index in [4.69, 9.17) is 22.1 Å². The average molecular weight is 283 g/mol. The maximum atomic E-state index is 12.0. The maximum Gasteiger partial charge on any atom is 0.345 e. The van der Waals surface area contributed by atoms with Crippen molar-refractivity contribution < 1.29 is 14.3 Å². The zero-order valence-corrected chi connectivity index (χ0v) is 11.5. The molecule has 0 aliphatic heterocycles. The van der Waals surface area contributed by atoms with Crippen LogP contribution in [0.15, 0.2) is 35.5 Å². The van der Waals surface area contributed by atoms with Gasteiger partial charge in [0, 0.05) is 16.4 Å². The summed E-state index contributed by atoms with van der Waals surface area (Å²) in [6, 6.07) is 6.49. The number of hydrogen-bond donors (Lipinski definition) is 2. The van der Waals surface area contributed by atoms with Gasteiger partial charge in [-0.25, -0.2) is 4.79 Å². The number of nitrogens with one attached hydrogen (secondary N) is 1. The number of anilines is 1. The Morgan fingerprint density at radius 2 is 1.89 bits per heavy atom. The SMILES string of the molecule is CCOC(=O)C(C(=O)Nc1ccc(Cl)cc1)=C(C)N. The molecule has 19 heavy (non-hydrogen) atoms. The lowest BCUT2D eigenvalue weighted by Gasteiger charge is -2.09. The van der Waals surface area contributed by atoms with Gasteiger partial charge in [0.25, 0.3) is 5.91 Å². The Kier molecular flexibility index (Phi) is 5.38. The summed E-state index contributed by atoms with van der Waals surface area (Å²) in [5.41, 5.74) is 5.96. The molecule has 0 spiro atoms. The molecule has 0 aliphatic carbocycles. The Labute approximate surface area is 116 Å². The van der Waals surface area contributed by atoms with Crippen LogP contribution in [0.25, 0.3) is 0 Å². The molecular formula is C13H15ClN2O3. The standard InChI is InChI=1S/C13H15ClN2O3/c1-3-19-13(18)11(8(2)15)12(17)16-10-6-4-9(14)5-7-10/h4-7H,3,15H2,1-2H3,(H,16,17). The predicted octanol–water partition coefficient (Wildman–Crippen LogP) is 2.07. The molecule has 0 aromatic heterocycles. The second kappa shape index (κ2) is 6.80. The molecule has 0 saturated heterocycles. The fourth-order valence-corrected chi connectivity index (χ4v) is 1.49. The van der Waals surface area contributed by atoms with Gasteiger partial charge in [0.05, 0.1) is 6.61 Å². The molecule has 0 fully saturated rings. The Bertz CT molecular complexity index is 505. The largest absolute Gasteiger partial charge is 0.462 e. The lowest BCUT2D eigenvalue weighted by molar-refractivity contribution is -0.139. The number of amides is 1. The second-order valence-corrected chi connectivity index (χ2v) is 4.18. The monoisotopic (exact) mass is 282 g/mol. The third-order valence-corrected chi connectivity index (χ3v) is 2.46. The van der Waals surface area contributed by atoms with Crippen molar-refractivity contribution in [2.45, 2.75) is 13.8 Å². The smallest absolute Gasteiger partial charge is 0.345 e. The van der Waals surface area contributed by atoms with Crippen molar-refractivity contribution in [3.8, 4) is 0 Å². The number of carbonyl (C=O) groups excluding carboxylic acids is 2. The molecule has 1 rings (SSSR count). The summed E-state index contributed by atoms with van der Waals surface area (Å²) in [6.07, 6.45) is 0. The van der Waals surface area contributed by atoms with E-state index in [1.165, 1.54) is 6.92 Å². The Morgan fingerprint density at radius 1 is 1.32 bits per heavy atom. The van der Waals surface area contributed by atoms with E-state index in [1.54, 1.807) is 31.2 Å². The summed E-state index contributed by atoms with van der Waals surface area (Å²) < 4.78 is 4.78. The summed E-state index contributed by atoms with van der Waals surface area (Å²) >= 11 is 5.74. The van der Waals surface area contributed by atoms with E-state index in [-0.39, 0.29) is 17.9 Å². The first-order valence-electron chi connectivity index (χ1n) is 5.66. The van der Waals surface area contributed by atoms with Crippen LogP contribution >= 0.6 is 11.6 Å². The van der Waals surface area contributed by atoms with Crippen molar-refractivity contribution in [2.24, 2.45) is 5.73 Å². The van der Waals surface area contributed by atoms with Crippen LogP contribution in [0.2, 0.25) is 5.02 Å². The van der Waals surface area contributed by atoms with Crippen molar-refractivity contribution in [2.75, 3.05) is 11.9 Å². The van der Waals surface area contributed by atoms with Gasteiger partial charge in [-0.1, -0.05) is 11.6 Å². The minimum absolute atomic E-state index is 0.102. The molecule has 1 aromatic carbocycles. The fraction of sp³-hybridized carbons (Fsp3) is 0.231. The number of halogens is 1. The van der Waals surface area contributed by atoms with Crippen LogP contribution in [-0.2, 0) is 14.3 Å². The fourth-order valence-electron chi connectivity index (χ4n) is 1.36. The number of allylic oxidation sites excluding steroid dienone is 1. The Balaban J connectivity index is 2.88. The van der Waals surface area contributed by atoms with Crippen LogP contribution in [0.3, 0.4) is 0 Å². The Hall–Kier alpha value is -2.01. The van der Waals surface area contributed by atoms with Gasteiger partial charge in [-0.15, -0.1) is 0 Å². The molecule has 102 valence electrons. The molecule has 5 nitrogen and oxygen atoms in total. The number of nitrogens with two attached hydrogens (primary N) is 1. The highest BCUT2D eigenvalue weighted by Gasteiger charge is 2.21. The number of esters is 1. The lowest BCUT2D eigenvalue weighted by atomic mass is 10.2. The summed E-state index contributed by atoms with van der Waals surface area (Å²) in [7, 11) is 0. The zero-order valence-electron chi connectivity index (χ0n) is 10.7. The molecule has 0 aliphatic rings.